The highest BCUT2D eigenvalue weighted by atomic mass is 16.1. The molecular weight excluding hydrogens is 430 g/mol. The Labute approximate surface area is 200 Å². The second-order valence-corrected chi connectivity index (χ2v) is 8.67. The zero-order valence-electron chi connectivity index (χ0n) is 20.2. The second-order valence-electron chi connectivity index (χ2n) is 8.67. The lowest BCUT2D eigenvalue weighted by Crippen LogP contribution is -2.31. The molecule has 1 heterocycles. The van der Waals surface area contributed by atoms with Crippen LogP contribution in [0.1, 0.15) is 45.9 Å². The van der Waals surface area contributed by atoms with E-state index in [1.807, 2.05) is 24.3 Å². The van der Waals surface area contributed by atoms with E-state index < -0.39 is 0 Å². The number of azo groups is 1. The van der Waals surface area contributed by atoms with Crippen LogP contribution in [0.2, 0.25) is 0 Å². The summed E-state index contributed by atoms with van der Waals surface area (Å²) in [5.74, 6) is 0.761. The third-order valence-electron chi connectivity index (χ3n) is 4.64. The zero-order chi connectivity index (χ0) is 25.3. The highest BCUT2D eigenvalue weighted by Crippen LogP contribution is 2.33. The fraction of sp³-hybridized carbons (Fsp3) is 0.458. The van der Waals surface area contributed by atoms with Crippen LogP contribution in [-0.2, 0) is 17.9 Å². The molecule has 10 heteroatoms. The molecule has 1 aromatic heterocycles. The van der Waals surface area contributed by atoms with Crippen LogP contribution in [0.25, 0.3) is 4.85 Å². The van der Waals surface area contributed by atoms with Gasteiger partial charge in [-0.2, -0.15) is 20.3 Å². The molecule has 0 saturated carbocycles. The van der Waals surface area contributed by atoms with Crippen molar-refractivity contribution < 1.29 is 4.79 Å². The van der Waals surface area contributed by atoms with Gasteiger partial charge in [-0.05, 0) is 30.0 Å². The predicted molar refractivity (Wildman–Crippen MR) is 130 cm³/mol. The average molecular weight is 460 g/mol. The van der Waals surface area contributed by atoms with E-state index >= 15 is 0 Å². The number of anilines is 2. The number of hydrogen-bond donors (Lipinski definition) is 1. The van der Waals surface area contributed by atoms with Crippen molar-refractivity contribution in [1.82, 2.24) is 9.78 Å². The molecule has 1 N–H and O–H groups in total. The summed E-state index contributed by atoms with van der Waals surface area (Å²) in [5, 5.41) is 34.0. The van der Waals surface area contributed by atoms with E-state index in [9.17, 15) is 10.1 Å². The molecule has 0 fully saturated rings. The van der Waals surface area contributed by atoms with Gasteiger partial charge in [0.05, 0.1) is 23.9 Å². The Morgan fingerprint density at radius 3 is 2.44 bits per heavy atom. The first-order valence-electron chi connectivity index (χ1n) is 11.0. The fourth-order valence-electron chi connectivity index (χ4n) is 3.45. The molecule has 0 aliphatic rings. The molecule has 0 unspecified atom stereocenters. The van der Waals surface area contributed by atoms with Crippen LogP contribution in [0.4, 0.5) is 22.9 Å². The minimum atomic E-state index is -0.250. The van der Waals surface area contributed by atoms with Crippen molar-refractivity contribution in [1.29, 1.82) is 10.5 Å². The minimum Gasteiger partial charge on any atom is -0.371 e. The molecule has 1 aromatic carbocycles. The Balaban J connectivity index is 2.54. The molecule has 10 nitrogen and oxygen atoms in total. The van der Waals surface area contributed by atoms with Gasteiger partial charge in [-0.3, -0.25) is 9.64 Å². The fourth-order valence-corrected chi connectivity index (χ4v) is 3.45. The summed E-state index contributed by atoms with van der Waals surface area (Å²) in [4.78, 5) is 17.4. The van der Waals surface area contributed by atoms with Gasteiger partial charge in [0.2, 0.25) is 5.91 Å². The van der Waals surface area contributed by atoms with Crippen LogP contribution in [0.15, 0.2) is 28.4 Å². The van der Waals surface area contributed by atoms with Gasteiger partial charge >= 0.3 is 6.67 Å². The SMILES string of the molecule is [C-]#[N+]Cn1nc(CC#N)c(C#N)c1N=Nc1ccc(N(CC(C)C)CC(C)C)cc1NC(C)=O. The van der Waals surface area contributed by atoms with Crippen LogP contribution in [0.3, 0.4) is 0 Å². The summed E-state index contributed by atoms with van der Waals surface area (Å²) >= 11 is 0. The maximum Gasteiger partial charge on any atom is 0.309 e. The molecule has 2 aromatic rings. The van der Waals surface area contributed by atoms with Crippen LogP contribution >= 0.6 is 0 Å². The topological polar surface area (TPSA) is 127 Å². The van der Waals surface area contributed by atoms with Crippen molar-refractivity contribution in [3.05, 3.63) is 40.9 Å². The highest BCUT2D eigenvalue weighted by Gasteiger charge is 2.19. The normalized spacial score (nSPS) is 10.8. The monoisotopic (exact) mass is 459 g/mol. The van der Waals surface area contributed by atoms with Crippen LogP contribution in [-0.4, -0.2) is 28.8 Å². The van der Waals surface area contributed by atoms with E-state index in [1.54, 1.807) is 6.07 Å². The standard InChI is InChI=1S/C24H29N9O/c1-16(2)13-32(14-17(3)4)19-7-8-22(23(11-19)28-18(5)34)29-30-24-20(12-26)21(9-10-25)31-33(24)15-27-6/h7-8,11,16-17H,9,13-15H2,1-5H3,(H,28,34). The van der Waals surface area contributed by atoms with Crippen molar-refractivity contribution in [2.45, 2.75) is 47.7 Å². The van der Waals surface area contributed by atoms with Crippen LogP contribution in [0.5, 0.6) is 0 Å². The zero-order valence-corrected chi connectivity index (χ0v) is 20.2. The number of benzene rings is 1. The first-order chi connectivity index (χ1) is 16.2. The highest BCUT2D eigenvalue weighted by molar-refractivity contribution is 5.93. The lowest BCUT2D eigenvalue weighted by Gasteiger charge is -2.29. The smallest absolute Gasteiger partial charge is 0.309 e. The average Bonchev–Trinajstić information content (AvgIpc) is 3.07. The molecule has 0 aliphatic carbocycles. The Bertz CT molecular complexity index is 1160. The summed E-state index contributed by atoms with van der Waals surface area (Å²) in [5.41, 5.74) is 2.19. The lowest BCUT2D eigenvalue weighted by molar-refractivity contribution is -0.114. The predicted octanol–water partition coefficient (Wildman–Crippen LogP) is 5.19. The summed E-state index contributed by atoms with van der Waals surface area (Å²) < 4.78 is 1.25. The number of amides is 1. The van der Waals surface area contributed by atoms with E-state index in [-0.39, 0.29) is 36.1 Å². The maximum absolute atomic E-state index is 11.9. The van der Waals surface area contributed by atoms with E-state index in [1.165, 1.54) is 11.6 Å². The van der Waals surface area contributed by atoms with Gasteiger partial charge < -0.3 is 10.2 Å². The van der Waals surface area contributed by atoms with Crippen LogP contribution in [0, 0.1) is 41.1 Å². The van der Waals surface area contributed by atoms with Gasteiger partial charge in [0, 0.05) is 25.7 Å². The molecule has 0 saturated heterocycles. The van der Waals surface area contributed by atoms with Crippen molar-refractivity contribution in [2.24, 2.45) is 22.1 Å². The first kappa shape index (κ1) is 26.0. The summed E-state index contributed by atoms with van der Waals surface area (Å²) in [6.45, 7) is 18.7. The van der Waals surface area contributed by atoms with Gasteiger partial charge in [-0.25, -0.2) is 6.57 Å². The molecule has 34 heavy (non-hydrogen) atoms. The number of carbonyl (C=O) groups excluding carboxylic acids is 1. The molecule has 176 valence electrons. The molecule has 0 aliphatic heterocycles. The molecular formula is C24H29N9O. The minimum absolute atomic E-state index is 0.0796. The van der Waals surface area contributed by atoms with Crippen molar-refractivity contribution in [3.63, 3.8) is 0 Å². The third-order valence-corrected chi connectivity index (χ3v) is 4.64. The van der Waals surface area contributed by atoms with Gasteiger partial charge in [0.1, 0.15) is 17.3 Å². The Kier molecular flexibility index (Phi) is 9.28. The number of nitrogens with zero attached hydrogens (tertiary/aromatic N) is 8. The molecule has 2 rings (SSSR count). The molecule has 1 amide bonds. The van der Waals surface area contributed by atoms with Crippen LogP contribution < -0.4 is 10.2 Å². The number of nitrogens with one attached hydrogen (secondary N) is 1. The molecule has 0 atom stereocenters. The number of hydrogen-bond acceptors (Lipinski definition) is 7. The van der Waals surface area contributed by atoms with Crippen molar-refractivity contribution in [3.8, 4) is 12.1 Å². The van der Waals surface area contributed by atoms with E-state index in [0.29, 0.717) is 23.2 Å². The van der Waals surface area contributed by atoms with Gasteiger partial charge in [-0.15, -0.1) is 10.2 Å². The third kappa shape index (κ3) is 6.88. The number of carbonyl (C=O) groups is 1. The Morgan fingerprint density at radius 1 is 1.24 bits per heavy atom. The number of nitriles is 2. The largest absolute Gasteiger partial charge is 0.371 e. The van der Waals surface area contributed by atoms with Gasteiger partial charge in [-0.1, -0.05) is 27.7 Å². The Hall–Kier alpha value is -4.23. The lowest BCUT2D eigenvalue weighted by atomic mass is 10.1. The van der Waals surface area contributed by atoms with Gasteiger partial charge in [0.25, 0.3) is 0 Å². The van der Waals surface area contributed by atoms with E-state index in [4.69, 9.17) is 11.8 Å². The van der Waals surface area contributed by atoms with E-state index in [0.717, 1.165) is 18.8 Å². The second kappa shape index (κ2) is 12.1. The van der Waals surface area contributed by atoms with Crippen molar-refractivity contribution >= 4 is 28.8 Å². The molecule has 0 radical (unpaired) electrons. The maximum atomic E-state index is 11.9. The summed E-state index contributed by atoms with van der Waals surface area (Å²) in [7, 11) is 0. The summed E-state index contributed by atoms with van der Waals surface area (Å²) in [6, 6.07) is 9.51. The number of rotatable bonds is 10. The summed E-state index contributed by atoms with van der Waals surface area (Å²) in [6.07, 6.45) is -0.0796. The van der Waals surface area contributed by atoms with E-state index in [2.05, 4.69) is 58.1 Å². The number of aromatic nitrogens is 2. The first-order valence-corrected chi connectivity index (χ1v) is 11.0. The van der Waals surface area contributed by atoms with Gasteiger partial charge in [0.15, 0.2) is 5.82 Å². The van der Waals surface area contributed by atoms with Crippen molar-refractivity contribution in [2.75, 3.05) is 23.3 Å². The quantitative estimate of drug-likeness (QED) is 0.386. The Morgan fingerprint density at radius 2 is 1.91 bits per heavy atom. The molecule has 0 bridgehead atoms. The molecule has 0 spiro atoms.